The van der Waals surface area contributed by atoms with Crippen LogP contribution < -0.4 is 0 Å². The van der Waals surface area contributed by atoms with E-state index in [9.17, 15) is 4.79 Å². The molecule has 96 valence electrons. The first-order valence-electron chi connectivity index (χ1n) is 6.31. The molecular weight excluding hydrogens is 236 g/mol. The van der Waals surface area contributed by atoms with Crippen LogP contribution in [0.15, 0.2) is 73.0 Å². The predicted molar refractivity (Wildman–Crippen MR) is 75.8 cm³/mol. The molecule has 0 bridgehead atoms. The summed E-state index contributed by atoms with van der Waals surface area (Å²) in [5, 5.41) is 0. The van der Waals surface area contributed by atoms with Gasteiger partial charge in [0.1, 0.15) is 0 Å². The van der Waals surface area contributed by atoms with Crippen LogP contribution in [0.5, 0.6) is 0 Å². The molecule has 0 N–H and O–H groups in total. The Hall–Kier alpha value is -2.35. The van der Waals surface area contributed by atoms with Gasteiger partial charge in [-0.3, -0.25) is 0 Å². The van der Waals surface area contributed by atoms with E-state index in [4.69, 9.17) is 4.74 Å². The Morgan fingerprint density at radius 2 is 1.58 bits per heavy atom. The number of esters is 1. The summed E-state index contributed by atoms with van der Waals surface area (Å²) >= 11 is 0. The van der Waals surface area contributed by atoms with Crippen LogP contribution in [0.4, 0.5) is 0 Å². The maximum atomic E-state index is 11.6. The molecule has 0 saturated heterocycles. The zero-order valence-electron chi connectivity index (χ0n) is 10.7. The lowest BCUT2D eigenvalue weighted by molar-refractivity contribution is 0.0662. The summed E-state index contributed by atoms with van der Waals surface area (Å²) in [5.41, 5.74) is 1.84. The lowest BCUT2D eigenvalue weighted by Crippen LogP contribution is -1.99. The van der Waals surface area contributed by atoms with Gasteiger partial charge >= 0.3 is 5.97 Å². The second kappa shape index (κ2) is 7.17. The van der Waals surface area contributed by atoms with Gasteiger partial charge in [-0.1, -0.05) is 48.5 Å². The average Bonchev–Trinajstić information content (AvgIpc) is 2.49. The number of hydrogen-bond donors (Lipinski definition) is 0. The summed E-state index contributed by atoms with van der Waals surface area (Å²) in [6.45, 7) is 0. The lowest BCUT2D eigenvalue weighted by Gasteiger charge is -1.99. The van der Waals surface area contributed by atoms with Gasteiger partial charge in [0.15, 0.2) is 0 Å². The first kappa shape index (κ1) is 13.1. The summed E-state index contributed by atoms with van der Waals surface area (Å²) in [6.07, 6.45) is 5.14. The molecule has 0 saturated carbocycles. The van der Waals surface area contributed by atoms with Crippen LogP contribution in [0, 0.1) is 0 Å². The van der Waals surface area contributed by atoms with Crippen molar-refractivity contribution in [3.05, 3.63) is 84.1 Å². The standard InChI is InChI=1S/C17H16O2/c18-17(16-12-5-2-6-13-16)19-14-8-7-11-15-9-3-1-4-10-15/h1-6,8-10,12-14H,7,11H2/b14-8+. The summed E-state index contributed by atoms with van der Waals surface area (Å²) in [7, 11) is 0. The zero-order chi connectivity index (χ0) is 13.3. The van der Waals surface area contributed by atoms with Crippen LogP contribution in [0.25, 0.3) is 0 Å². The van der Waals surface area contributed by atoms with Gasteiger partial charge in [0.25, 0.3) is 0 Å². The van der Waals surface area contributed by atoms with Crippen LogP contribution in [-0.2, 0) is 11.2 Å². The molecule has 2 rings (SSSR count). The van der Waals surface area contributed by atoms with Crippen molar-refractivity contribution in [1.82, 2.24) is 0 Å². The predicted octanol–water partition coefficient (Wildman–Crippen LogP) is 3.99. The highest BCUT2D eigenvalue weighted by atomic mass is 16.5. The van der Waals surface area contributed by atoms with Crippen LogP contribution in [0.2, 0.25) is 0 Å². The molecule has 0 amide bonds. The van der Waals surface area contributed by atoms with Crippen molar-refractivity contribution in [2.45, 2.75) is 12.8 Å². The number of carbonyl (C=O) groups is 1. The fraction of sp³-hybridized carbons (Fsp3) is 0.118. The molecule has 0 aromatic heterocycles. The Labute approximate surface area is 113 Å². The summed E-state index contributed by atoms with van der Waals surface area (Å²) in [6, 6.07) is 19.2. The van der Waals surface area contributed by atoms with E-state index in [1.807, 2.05) is 42.5 Å². The topological polar surface area (TPSA) is 26.3 Å². The fourth-order valence-corrected chi connectivity index (χ4v) is 1.71. The van der Waals surface area contributed by atoms with Crippen LogP contribution in [-0.4, -0.2) is 5.97 Å². The van der Waals surface area contributed by atoms with Gasteiger partial charge in [-0.2, -0.15) is 0 Å². The van der Waals surface area contributed by atoms with Crippen LogP contribution in [0.3, 0.4) is 0 Å². The Bertz CT molecular complexity index is 530. The molecule has 0 spiro atoms. The van der Waals surface area contributed by atoms with Crippen LogP contribution >= 0.6 is 0 Å². The van der Waals surface area contributed by atoms with E-state index in [0.29, 0.717) is 5.56 Å². The van der Waals surface area contributed by atoms with E-state index in [1.165, 1.54) is 11.8 Å². The normalized spacial score (nSPS) is 10.5. The second-order valence-corrected chi connectivity index (χ2v) is 4.17. The number of benzene rings is 2. The second-order valence-electron chi connectivity index (χ2n) is 4.17. The van der Waals surface area contributed by atoms with Gasteiger partial charge in [-0.15, -0.1) is 0 Å². The molecule has 0 heterocycles. The Kier molecular flexibility index (Phi) is 4.94. The first-order chi connectivity index (χ1) is 9.36. The Balaban J connectivity index is 1.74. The molecule has 2 heteroatoms. The number of hydrogen-bond acceptors (Lipinski definition) is 2. The number of rotatable bonds is 5. The van der Waals surface area contributed by atoms with E-state index in [-0.39, 0.29) is 5.97 Å². The SMILES string of the molecule is O=C(O/C=C/CCc1ccccc1)c1ccccc1. The Morgan fingerprint density at radius 3 is 2.26 bits per heavy atom. The minimum atomic E-state index is -0.323. The van der Waals surface area contributed by atoms with Crippen molar-refractivity contribution >= 4 is 5.97 Å². The van der Waals surface area contributed by atoms with Crippen molar-refractivity contribution in [3.63, 3.8) is 0 Å². The first-order valence-corrected chi connectivity index (χ1v) is 6.31. The fourth-order valence-electron chi connectivity index (χ4n) is 1.71. The quantitative estimate of drug-likeness (QED) is 0.594. The van der Waals surface area contributed by atoms with E-state index >= 15 is 0 Å². The molecular formula is C17H16O2. The van der Waals surface area contributed by atoms with Crippen LogP contribution in [0.1, 0.15) is 22.3 Å². The molecule has 0 atom stereocenters. The van der Waals surface area contributed by atoms with Crippen molar-refractivity contribution in [2.24, 2.45) is 0 Å². The third-order valence-electron chi connectivity index (χ3n) is 2.72. The minimum absolute atomic E-state index is 0.323. The van der Waals surface area contributed by atoms with Crippen molar-refractivity contribution in [1.29, 1.82) is 0 Å². The van der Waals surface area contributed by atoms with Gasteiger partial charge in [-0.05, 0) is 36.6 Å². The smallest absolute Gasteiger partial charge is 0.342 e. The largest absolute Gasteiger partial charge is 0.431 e. The van der Waals surface area contributed by atoms with E-state index < -0.39 is 0 Å². The minimum Gasteiger partial charge on any atom is -0.431 e. The van der Waals surface area contributed by atoms with Gasteiger partial charge < -0.3 is 4.74 Å². The van der Waals surface area contributed by atoms with Crippen molar-refractivity contribution in [3.8, 4) is 0 Å². The van der Waals surface area contributed by atoms with Gasteiger partial charge in [0, 0.05) is 0 Å². The maximum Gasteiger partial charge on any atom is 0.342 e. The van der Waals surface area contributed by atoms with E-state index in [0.717, 1.165) is 12.8 Å². The number of aryl methyl sites for hydroxylation is 1. The highest BCUT2D eigenvalue weighted by molar-refractivity contribution is 5.89. The zero-order valence-corrected chi connectivity index (χ0v) is 10.7. The van der Waals surface area contributed by atoms with Crippen molar-refractivity contribution < 1.29 is 9.53 Å². The van der Waals surface area contributed by atoms with E-state index in [1.54, 1.807) is 12.1 Å². The molecule has 2 nitrogen and oxygen atoms in total. The molecule has 19 heavy (non-hydrogen) atoms. The van der Waals surface area contributed by atoms with Gasteiger partial charge in [0.05, 0.1) is 11.8 Å². The van der Waals surface area contributed by atoms with E-state index in [2.05, 4.69) is 12.1 Å². The third-order valence-corrected chi connectivity index (χ3v) is 2.72. The molecule has 0 unspecified atom stereocenters. The number of carbonyl (C=O) groups excluding carboxylic acids is 1. The summed E-state index contributed by atoms with van der Waals surface area (Å²) < 4.78 is 5.05. The molecule has 0 aliphatic rings. The maximum absolute atomic E-state index is 11.6. The third kappa shape index (κ3) is 4.43. The summed E-state index contributed by atoms with van der Waals surface area (Å²) in [5.74, 6) is -0.323. The lowest BCUT2D eigenvalue weighted by atomic mass is 10.1. The molecule has 0 aliphatic heterocycles. The molecule has 2 aromatic rings. The monoisotopic (exact) mass is 252 g/mol. The molecule has 0 radical (unpaired) electrons. The van der Waals surface area contributed by atoms with Gasteiger partial charge in [0.2, 0.25) is 0 Å². The highest BCUT2D eigenvalue weighted by Crippen LogP contribution is 2.04. The number of allylic oxidation sites excluding steroid dienone is 1. The molecule has 0 fully saturated rings. The highest BCUT2D eigenvalue weighted by Gasteiger charge is 2.02. The summed E-state index contributed by atoms with van der Waals surface area (Å²) in [4.78, 5) is 11.6. The number of ether oxygens (including phenoxy) is 1. The Morgan fingerprint density at radius 1 is 0.947 bits per heavy atom. The van der Waals surface area contributed by atoms with Gasteiger partial charge in [-0.25, -0.2) is 4.79 Å². The van der Waals surface area contributed by atoms with Crippen molar-refractivity contribution in [2.75, 3.05) is 0 Å². The average molecular weight is 252 g/mol. The molecule has 2 aromatic carbocycles. The molecule has 0 aliphatic carbocycles.